The molecule has 0 atom stereocenters. The lowest BCUT2D eigenvalue weighted by Gasteiger charge is -2.36. The highest BCUT2D eigenvalue weighted by Crippen LogP contribution is 2.31. The topological polar surface area (TPSA) is 111 Å². The number of anilines is 4. The first-order valence-electron chi connectivity index (χ1n) is 12.5. The molecular weight excluding hydrogens is 472 g/mol. The van der Waals surface area contributed by atoms with Crippen LogP contribution in [0.5, 0.6) is 0 Å². The first-order chi connectivity index (χ1) is 17.2. The van der Waals surface area contributed by atoms with Crippen LogP contribution in [0, 0.1) is 6.92 Å². The van der Waals surface area contributed by atoms with E-state index in [9.17, 15) is 4.79 Å². The van der Waals surface area contributed by atoms with Crippen LogP contribution < -0.4 is 20.9 Å². The van der Waals surface area contributed by atoms with Crippen molar-refractivity contribution in [2.45, 2.75) is 75.5 Å². The van der Waals surface area contributed by atoms with Gasteiger partial charge in [0, 0.05) is 62.4 Å². The van der Waals surface area contributed by atoms with E-state index in [0.29, 0.717) is 23.4 Å². The third kappa shape index (κ3) is 7.44. The summed E-state index contributed by atoms with van der Waals surface area (Å²) < 4.78 is 0. The average molecular weight is 513 g/mol. The third-order valence-electron chi connectivity index (χ3n) is 5.78. The fourth-order valence-corrected chi connectivity index (χ4v) is 4.89. The Hall–Kier alpha value is -3.11. The number of piperidine rings is 1. The minimum atomic E-state index is -0.00257. The van der Waals surface area contributed by atoms with Crippen LogP contribution in [0.3, 0.4) is 0 Å². The van der Waals surface area contributed by atoms with E-state index in [1.165, 1.54) is 11.8 Å². The molecule has 10 heteroatoms. The van der Waals surface area contributed by atoms with E-state index in [4.69, 9.17) is 9.97 Å². The maximum Gasteiger partial charge on any atom is 0.224 e. The van der Waals surface area contributed by atoms with Crippen molar-refractivity contribution in [2.24, 2.45) is 0 Å². The standard InChI is InChI=1S/C26H36N8OS.2H2/c1-6-24(35)27-18-7-9-20(10-8-18)36-25-29-21(28-22-15-17(2)32-33-22)16-23(30-25)34-13-11-19(12-14-34)31-26(3,4)5;;/h7-10,15-16,19,31H,6,11-14H2,1-5H3,(H,27,35)(H2,28,29,30,32,33);2*1H. The lowest BCUT2D eigenvalue weighted by Crippen LogP contribution is -2.49. The molecule has 3 aromatic rings. The zero-order valence-electron chi connectivity index (χ0n) is 21.7. The molecule has 36 heavy (non-hydrogen) atoms. The average Bonchev–Trinajstić information content (AvgIpc) is 3.24. The number of nitrogens with zero attached hydrogens (tertiary/aromatic N) is 4. The van der Waals surface area contributed by atoms with E-state index < -0.39 is 0 Å². The summed E-state index contributed by atoms with van der Waals surface area (Å²) in [6.07, 6.45) is 2.58. The monoisotopic (exact) mass is 512 g/mol. The Kier molecular flexibility index (Phi) is 8.15. The molecule has 196 valence electrons. The van der Waals surface area contributed by atoms with E-state index in [2.05, 4.69) is 51.8 Å². The molecule has 3 heterocycles. The summed E-state index contributed by atoms with van der Waals surface area (Å²) >= 11 is 1.50. The molecule has 4 N–H and O–H groups in total. The highest BCUT2D eigenvalue weighted by Gasteiger charge is 2.24. The molecular formula is C26H40N8OS. The third-order valence-corrected chi connectivity index (χ3v) is 6.65. The van der Waals surface area contributed by atoms with E-state index in [1.54, 1.807) is 0 Å². The maximum absolute atomic E-state index is 11.7. The van der Waals surface area contributed by atoms with Crippen LogP contribution in [-0.4, -0.2) is 50.7 Å². The number of amides is 1. The van der Waals surface area contributed by atoms with Gasteiger partial charge >= 0.3 is 0 Å². The van der Waals surface area contributed by atoms with Crippen LogP contribution in [0.25, 0.3) is 0 Å². The number of rotatable bonds is 8. The maximum atomic E-state index is 11.7. The zero-order valence-corrected chi connectivity index (χ0v) is 22.5. The summed E-state index contributed by atoms with van der Waals surface area (Å²) in [6.45, 7) is 12.3. The Labute approximate surface area is 220 Å². The highest BCUT2D eigenvalue weighted by atomic mass is 32.2. The number of hydrogen-bond acceptors (Lipinski definition) is 8. The minimum Gasteiger partial charge on any atom is -0.356 e. The normalized spacial score (nSPS) is 14.6. The van der Waals surface area contributed by atoms with Crippen LogP contribution in [0.4, 0.5) is 23.1 Å². The number of benzene rings is 1. The van der Waals surface area contributed by atoms with Gasteiger partial charge in [0.15, 0.2) is 11.0 Å². The molecule has 0 saturated carbocycles. The molecule has 1 aliphatic rings. The van der Waals surface area contributed by atoms with Crippen LogP contribution in [0.1, 0.15) is 55.5 Å². The number of hydrogen-bond donors (Lipinski definition) is 4. The van der Waals surface area contributed by atoms with Gasteiger partial charge in [0.25, 0.3) is 0 Å². The largest absolute Gasteiger partial charge is 0.356 e. The SMILES string of the molecule is CCC(=O)Nc1ccc(Sc2nc(Nc3cc(C)[nH]n3)cc(N3CCC(NC(C)(C)C)CC3)n2)cc1.[HH].[HH]. The first-order valence-corrected chi connectivity index (χ1v) is 13.3. The molecule has 4 rings (SSSR count). The lowest BCUT2D eigenvalue weighted by molar-refractivity contribution is -0.115. The number of aromatic nitrogens is 4. The predicted octanol–water partition coefficient (Wildman–Crippen LogP) is 5.60. The molecule has 9 nitrogen and oxygen atoms in total. The molecule has 0 unspecified atom stereocenters. The van der Waals surface area contributed by atoms with E-state index >= 15 is 0 Å². The molecule has 0 bridgehead atoms. The Morgan fingerprint density at radius 1 is 1.14 bits per heavy atom. The summed E-state index contributed by atoms with van der Waals surface area (Å²) in [5.74, 6) is 2.33. The molecule has 1 aromatic carbocycles. The number of nitrogens with one attached hydrogen (secondary N) is 4. The summed E-state index contributed by atoms with van der Waals surface area (Å²) in [7, 11) is 0. The van der Waals surface area contributed by atoms with Crippen molar-refractivity contribution in [3.8, 4) is 0 Å². The van der Waals surface area contributed by atoms with Crippen molar-refractivity contribution in [3.05, 3.63) is 42.1 Å². The van der Waals surface area contributed by atoms with Gasteiger partial charge in [-0.2, -0.15) is 5.10 Å². The van der Waals surface area contributed by atoms with Crippen LogP contribution in [0.15, 0.2) is 46.5 Å². The smallest absolute Gasteiger partial charge is 0.224 e. The van der Waals surface area contributed by atoms with Gasteiger partial charge in [-0.1, -0.05) is 6.92 Å². The Balaban J connectivity index is 0.00000253. The fourth-order valence-electron chi connectivity index (χ4n) is 4.12. The van der Waals surface area contributed by atoms with E-state index in [-0.39, 0.29) is 14.3 Å². The summed E-state index contributed by atoms with van der Waals surface area (Å²) in [4.78, 5) is 24.6. The van der Waals surface area contributed by atoms with Crippen molar-refractivity contribution in [3.63, 3.8) is 0 Å². The Morgan fingerprint density at radius 2 is 1.86 bits per heavy atom. The molecule has 2 aromatic heterocycles. The van der Waals surface area contributed by atoms with Gasteiger partial charge < -0.3 is 20.9 Å². The van der Waals surface area contributed by atoms with Crippen molar-refractivity contribution in [1.29, 1.82) is 0 Å². The van der Waals surface area contributed by atoms with Gasteiger partial charge in [-0.15, -0.1) is 0 Å². The minimum absolute atomic E-state index is 0. The van der Waals surface area contributed by atoms with Crippen LogP contribution in [-0.2, 0) is 4.79 Å². The van der Waals surface area contributed by atoms with Gasteiger partial charge in [0.1, 0.15) is 11.6 Å². The second-order valence-electron chi connectivity index (χ2n) is 10.1. The van der Waals surface area contributed by atoms with Crippen molar-refractivity contribution < 1.29 is 7.65 Å². The number of H-pyrrole nitrogens is 1. The zero-order chi connectivity index (χ0) is 25.7. The second kappa shape index (κ2) is 11.3. The second-order valence-corrected chi connectivity index (χ2v) is 11.2. The number of carbonyl (C=O) groups excluding carboxylic acids is 1. The van der Waals surface area contributed by atoms with Crippen molar-refractivity contribution >= 4 is 40.8 Å². The molecule has 0 radical (unpaired) electrons. The first kappa shape index (κ1) is 26.0. The quantitative estimate of drug-likeness (QED) is 0.289. The number of aromatic amines is 1. The summed E-state index contributed by atoms with van der Waals surface area (Å²) in [6, 6.07) is 12.2. The molecule has 0 aliphatic carbocycles. The molecule has 1 saturated heterocycles. The molecule has 1 fully saturated rings. The molecule has 1 amide bonds. The van der Waals surface area contributed by atoms with Crippen molar-refractivity contribution in [1.82, 2.24) is 25.5 Å². The van der Waals surface area contributed by atoms with E-state index in [1.807, 2.05) is 50.2 Å². The predicted molar refractivity (Wildman–Crippen MR) is 150 cm³/mol. The summed E-state index contributed by atoms with van der Waals surface area (Å²) in [5, 5.41) is 17.8. The highest BCUT2D eigenvalue weighted by molar-refractivity contribution is 7.99. The summed E-state index contributed by atoms with van der Waals surface area (Å²) in [5.41, 5.74) is 1.87. The van der Waals surface area contributed by atoms with Gasteiger partial charge in [-0.05, 0) is 76.6 Å². The van der Waals surface area contributed by atoms with Crippen molar-refractivity contribution in [2.75, 3.05) is 28.6 Å². The Morgan fingerprint density at radius 3 is 2.47 bits per heavy atom. The Bertz CT molecular complexity index is 1170. The number of aryl methyl sites for hydroxylation is 1. The van der Waals surface area contributed by atoms with Gasteiger partial charge in [0.2, 0.25) is 5.91 Å². The van der Waals surface area contributed by atoms with E-state index in [0.717, 1.165) is 53.8 Å². The van der Waals surface area contributed by atoms with Gasteiger partial charge in [-0.3, -0.25) is 9.89 Å². The fraction of sp³-hybridized carbons (Fsp3) is 0.462. The number of carbonyl (C=O) groups is 1. The molecule has 1 aliphatic heterocycles. The van der Waals surface area contributed by atoms with Crippen LogP contribution >= 0.6 is 11.8 Å². The van der Waals surface area contributed by atoms with Crippen LogP contribution in [0.2, 0.25) is 0 Å². The lowest BCUT2D eigenvalue weighted by atomic mass is 10.00. The molecule has 0 spiro atoms. The van der Waals surface area contributed by atoms with Gasteiger partial charge in [-0.25, -0.2) is 9.97 Å². The van der Waals surface area contributed by atoms with Gasteiger partial charge in [0.05, 0.1) is 0 Å².